The van der Waals surface area contributed by atoms with Crippen LogP contribution in [-0.2, 0) is 27.3 Å². The Balaban J connectivity index is 1.31. The number of benzene rings is 1. The SMILES string of the molecule is O=C(COC(=O)CCCc1c[nH]c2ccccc12)NC(=O)NCc1cccs1. The number of fused-ring (bicyclic) bond motifs is 1. The molecule has 0 unspecified atom stereocenters. The number of hydrogen-bond donors (Lipinski definition) is 3. The summed E-state index contributed by atoms with van der Waals surface area (Å²) in [6, 6.07) is 11.1. The Kier molecular flexibility index (Phi) is 6.80. The number of rotatable bonds is 8. The van der Waals surface area contributed by atoms with Crippen molar-refractivity contribution in [1.29, 1.82) is 0 Å². The second-order valence-electron chi connectivity index (χ2n) is 6.18. The number of H-pyrrole nitrogens is 1. The van der Waals surface area contributed by atoms with Crippen molar-refractivity contribution in [3.8, 4) is 0 Å². The number of para-hydroxylation sites is 1. The van der Waals surface area contributed by atoms with E-state index in [-0.39, 0.29) is 6.42 Å². The van der Waals surface area contributed by atoms with Crippen LogP contribution in [0.1, 0.15) is 23.3 Å². The Morgan fingerprint density at radius 2 is 1.96 bits per heavy atom. The highest BCUT2D eigenvalue weighted by Gasteiger charge is 2.11. The molecule has 8 heteroatoms. The molecule has 3 amide bonds. The smallest absolute Gasteiger partial charge is 0.321 e. The van der Waals surface area contributed by atoms with E-state index in [0.717, 1.165) is 27.8 Å². The van der Waals surface area contributed by atoms with Crippen LogP contribution < -0.4 is 10.6 Å². The minimum atomic E-state index is -0.659. The van der Waals surface area contributed by atoms with E-state index in [1.165, 1.54) is 11.3 Å². The van der Waals surface area contributed by atoms with E-state index in [0.29, 0.717) is 13.0 Å². The van der Waals surface area contributed by atoms with Crippen molar-refractivity contribution in [2.75, 3.05) is 6.61 Å². The van der Waals surface area contributed by atoms with Crippen LogP contribution in [0.25, 0.3) is 10.9 Å². The van der Waals surface area contributed by atoms with Gasteiger partial charge >= 0.3 is 12.0 Å². The second-order valence-corrected chi connectivity index (χ2v) is 7.22. The van der Waals surface area contributed by atoms with Crippen LogP contribution in [0.2, 0.25) is 0 Å². The standard InChI is InChI=1S/C20H21N3O4S/c24-18(23-20(26)22-12-15-6-4-10-28-15)13-27-19(25)9-3-5-14-11-21-17-8-2-1-7-16(14)17/h1-2,4,6-8,10-11,21H,3,5,9,12-13H2,(H2,22,23,24,26). The van der Waals surface area contributed by atoms with Gasteiger partial charge in [-0.25, -0.2) is 4.79 Å². The zero-order chi connectivity index (χ0) is 19.8. The maximum absolute atomic E-state index is 11.8. The number of urea groups is 1. The number of hydrogen-bond acceptors (Lipinski definition) is 5. The first-order valence-corrected chi connectivity index (χ1v) is 9.80. The molecule has 2 heterocycles. The van der Waals surface area contributed by atoms with Gasteiger partial charge in [0.25, 0.3) is 5.91 Å². The Morgan fingerprint density at radius 1 is 1.11 bits per heavy atom. The molecule has 146 valence electrons. The first-order valence-electron chi connectivity index (χ1n) is 8.92. The van der Waals surface area contributed by atoms with E-state index >= 15 is 0 Å². The third-order valence-corrected chi connectivity index (χ3v) is 5.00. The number of nitrogens with one attached hydrogen (secondary N) is 3. The molecule has 0 aliphatic carbocycles. The molecule has 3 rings (SSSR count). The van der Waals surface area contributed by atoms with E-state index in [1.54, 1.807) is 0 Å². The number of aromatic nitrogens is 1. The van der Waals surface area contributed by atoms with E-state index in [4.69, 9.17) is 4.74 Å². The molecule has 0 saturated heterocycles. The van der Waals surface area contributed by atoms with Crippen molar-refractivity contribution in [1.82, 2.24) is 15.6 Å². The average Bonchev–Trinajstić information content (AvgIpc) is 3.35. The lowest BCUT2D eigenvalue weighted by Crippen LogP contribution is -2.41. The topological polar surface area (TPSA) is 100 Å². The van der Waals surface area contributed by atoms with Gasteiger partial charge in [-0.3, -0.25) is 14.9 Å². The fourth-order valence-electron chi connectivity index (χ4n) is 2.77. The molecule has 3 aromatic rings. The van der Waals surface area contributed by atoms with Gasteiger partial charge in [0.05, 0.1) is 6.54 Å². The van der Waals surface area contributed by atoms with Crippen LogP contribution in [0.3, 0.4) is 0 Å². The van der Waals surface area contributed by atoms with Gasteiger partial charge in [0.2, 0.25) is 0 Å². The molecule has 3 N–H and O–H groups in total. The number of esters is 1. The Bertz CT molecular complexity index is 949. The monoisotopic (exact) mass is 399 g/mol. The van der Waals surface area contributed by atoms with Crippen LogP contribution in [-0.4, -0.2) is 29.5 Å². The highest BCUT2D eigenvalue weighted by atomic mass is 32.1. The first kappa shape index (κ1) is 19.6. The summed E-state index contributed by atoms with van der Waals surface area (Å²) in [7, 11) is 0. The molecule has 0 radical (unpaired) electrons. The van der Waals surface area contributed by atoms with Crippen molar-refractivity contribution in [3.63, 3.8) is 0 Å². The number of carbonyl (C=O) groups is 3. The molecule has 0 aliphatic rings. The number of imide groups is 1. The van der Waals surface area contributed by atoms with E-state index in [2.05, 4.69) is 15.6 Å². The minimum absolute atomic E-state index is 0.206. The van der Waals surface area contributed by atoms with Gasteiger partial charge in [-0.1, -0.05) is 24.3 Å². The van der Waals surface area contributed by atoms with Gasteiger partial charge < -0.3 is 15.0 Å². The van der Waals surface area contributed by atoms with Crippen molar-refractivity contribution >= 4 is 40.1 Å². The van der Waals surface area contributed by atoms with Crippen molar-refractivity contribution in [2.24, 2.45) is 0 Å². The summed E-state index contributed by atoms with van der Waals surface area (Å²) in [5.41, 5.74) is 2.21. The lowest BCUT2D eigenvalue weighted by atomic mass is 10.1. The largest absolute Gasteiger partial charge is 0.456 e. The summed E-state index contributed by atoms with van der Waals surface area (Å²) >= 11 is 1.51. The third kappa shape index (κ3) is 5.68. The summed E-state index contributed by atoms with van der Waals surface area (Å²) < 4.78 is 4.93. The van der Waals surface area contributed by atoms with E-state index < -0.39 is 24.5 Å². The summed E-state index contributed by atoms with van der Waals surface area (Å²) in [6.07, 6.45) is 3.50. The van der Waals surface area contributed by atoms with Crippen LogP contribution in [0, 0.1) is 0 Å². The fourth-order valence-corrected chi connectivity index (χ4v) is 3.41. The van der Waals surface area contributed by atoms with Gasteiger partial charge in [0, 0.05) is 28.4 Å². The molecule has 7 nitrogen and oxygen atoms in total. The van der Waals surface area contributed by atoms with Crippen LogP contribution >= 0.6 is 11.3 Å². The van der Waals surface area contributed by atoms with Crippen LogP contribution in [0.4, 0.5) is 4.79 Å². The molecule has 2 aromatic heterocycles. The first-order chi connectivity index (χ1) is 13.6. The minimum Gasteiger partial charge on any atom is -0.456 e. The maximum atomic E-state index is 11.8. The lowest BCUT2D eigenvalue weighted by Gasteiger charge is -2.07. The Hall–Kier alpha value is -3.13. The zero-order valence-electron chi connectivity index (χ0n) is 15.2. The molecule has 0 fully saturated rings. The van der Waals surface area contributed by atoms with E-state index in [9.17, 15) is 14.4 Å². The molecule has 0 aliphatic heterocycles. The van der Waals surface area contributed by atoms with Crippen molar-refractivity contribution < 1.29 is 19.1 Å². The summed E-state index contributed by atoms with van der Waals surface area (Å²) in [5, 5.41) is 7.74. The molecule has 28 heavy (non-hydrogen) atoms. The number of amides is 3. The number of ether oxygens (including phenoxy) is 1. The summed E-state index contributed by atoms with van der Waals surface area (Å²) in [4.78, 5) is 39.3. The maximum Gasteiger partial charge on any atom is 0.321 e. The van der Waals surface area contributed by atoms with Crippen molar-refractivity contribution in [3.05, 3.63) is 58.4 Å². The molecular formula is C20H21N3O4S. The second kappa shape index (κ2) is 9.70. The van der Waals surface area contributed by atoms with Crippen LogP contribution in [0.5, 0.6) is 0 Å². The molecule has 0 spiro atoms. The van der Waals surface area contributed by atoms with E-state index in [1.807, 2.05) is 48.0 Å². The number of aryl methyl sites for hydroxylation is 1. The predicted molar refractivity (Wildman–Crippen MR) is 107 cm³/mol. The third-order valence-electron chi connectivity index (χ3n) is 4.12. The molecular weight excluding hydrogens is 378 g/mol. The predicted octanol–water partition coefficient (Wildman–Crippen LogP) is 3.12. The zero-order valence-corrected chi connectivity index (χ0v) is 16.0. The lowest BCUT2D eigenvalue weighted by molar-refractivity contribution is -0.148. The fraction of sp³-hybridized carbons (Fsp3) is 0.250. The van der Waals surface area contributed by atoms with Crippen molar-refractivity contribution in [2.45, 2.75) is 25.8 Å². The Morgan fingerprint density at radius 3 is 2.79 bits per heavy atom. The number of thiophene rings is 1. The number of carbonyl (C=O) groups excluding carboxylic acids is 3. The Labute approximate surface area is 166 Å². The summed E-state index contributed by atoms with van der Waals surface area (Å²) in [6.45, 7) is -0.136. The van der Waals surface area contributed by atoms with Gasteiger partial charge in [-0.2, -0.15) is 0 Å². The highest BCUT2D eigenvalue weighted by Crippen LogP contribution is 2.19. The average molecular weight is 399 g/mol. The van der Waals surface area contributed by atoms with Gasteiger partial charge in [-0.15, -0.1) is 11.3 Å². The molecule has 0 atom stereocenters. The number of aromatic amines is 1. The molecule has 1 aromatic carbocycles. The molecule has 0 saturated carbocycles. The van der Waals surface area contributed by atoms with Gasteiger partial charge in [0.1, 0.15) is 0 Å². The quantitative estimate of drug-likeness (QED) is 0.507. The highest BCUT2D eigenvalue weighted by molar-refractivity contribution is 7.09. The molecule has 0 bridgehead atoms. The normalized spacial score (nSPS) is 10.6. The van der Waals surface area contributed by atoms with Gasteiger partial charge in [0.15, 0.2) is 6.61 Å². The van der Waals surface area contributed by atoms with Gasteiger partial charge in [-0.05, 0) is 35.9 Å². The van der Waals surface area contributed by atoms with Crippen LogP contribution in [0.15, 0.2) is 48.0 Å². The summed E-state index contributed by atoms with van der Waals surface area (Å²) in [5.74, 6) is -1.12.